The van der Waals surface area contributed by atoms with Crippen LogP contribution in [0.25, 0.3) is 0 Å². The van der Waals surface area contributed by atoms with Gasteiger partial charge >= 0.3 is 48.3 Å². The first-order chi connectivity index (χ1) is 18.5. The Balaban J connectivity index is 2.22. The molecule has 2 heterocycles. The highest BCUT2D eigenvalue weighted by atomic mass is 19.4. The second kappa shape index (κ2) is 11.1. The molecule has 0 spiro atoms. The van der Waals surface area contributed by atoms with Crippen molar-refractivity contribution in [2.45, 2.75) is 98.6 Å². The first kappa shape index (κ1) is 36.7. The normalized spacial score (nSPS) is 31.1. The fourth-order valence-electron chi connectivity index (χ4n) is 4.23. The summed E-state index contributed by atoms with van der Waals surface area (Å²) >= 11 is 0. The Morgan fingerprint density at radius 2 is 1.14 bits per heavy atom. The van der Waals surface area contributed by atoms with E-state index >= 15 is 0 Å². The van der Waals surface area contributed by atoms with Crippen LogP contribution in [0.3, 0.4) is 0 Å². The molecule has 23 heteroatoms. The molecule has 5 unspecified atom stereocenters. The molecule has 0 aromatic rings. The summed E-state index contributed by atoms with van der Waals surface area (Å²) in [4.78, 5) is 0. The van der Waals surface area contributed by atoms with Gasteiger partial charge in [0.05, 0.1) is 13.2 Å². The average molecular weight is 670 g/mol. The summed E-state index contributed by atoms with van der Waals surface area (Å²) in [6.07, 6.45) is -48.6. The predicted molar refractivity (Wildman–Crippen MR) is 93.9 cm³/mol. The van der Waals surface area contributed by atoms with E-state index in [1.54, 1.807) is 0 Å². The van der Waals surface area contributed by atoms with E-state index in [1.165, 1.54) is 0 Å². The van der Waals surface area contributed by atoms with Crippen LogP contribution in [0.1, 0.15) is 32.1 Å². The van der Waals surface area contributed by atoms with Crippen LogP contribution in [0.5, 0.6) is 0 Å². The predicted octanol–water partition coefficient (Wildman–Crippen LogP) is 7.86. The number of ether oxygens (including phenoxy) is 4. The third-order valence-corrected chi connectivity index (χ3v) is 6.30. The number of halogens is 19. The van der Waals surface area contributed by atoms with E-state index in [0.29, 0.717) is 0 Å². The molecule has 2 saturated heterocycles. The molecular formula is C19H17F19O4. The summed E-state index contributed by atoms with van der Waals surface area (Å²) in [5, 5.41) is 0. The minimum absolute atomic E-state index is 0.940. The van der Waals surface area contributed by atoms with Crippen LogP contribution in [0, 0.1) is 5.92 Å². The zero-order chi connectivity index (χ0) is 33.0. The Labute approximate surface area is 221 Å². The molecule has 2 fully saturated rings. The fourth-order valence-corrected chi connectivity index (χ4v) is 4.23. The maximum absolute atomic E-state index is 14.7. The SMILES string of the molecule is FC1OC(OCCCOC2(F)CCCC(C(F)(C(F)(F)F)C(F)(F)F)O2)(C(F)(C(F)(F)F)C(F)(F)F)CC1C(F)(F)F. The van der Waals surface area contributed by atoms with Crippen molar-refractivity contribution in [1.29, 1.82) is 0 Å². The van der Waals surface area contributed by atoms with E-state index in [4.69, 9.17) is 0 Å². The van der Waals surface area contributed by atoms with Gasteiger partial charge in [-0.3, -0.25) is 0 Å². The largest absolute Gasteiger partial charge is 0.437 e. The number of hydrogen-bond donors (Lipinski definition) is 0. The van der Waals surface area contributed by atoms with Gasteiger partial charge in [-0.1, -0.05) is 0 Å². The van der Waals surface area contributed by atoms with E-state index in [1.807, 2.05) is 0 Å². The lowest BCUT2D eigenvalue weighted by Crippen LogP contribution is -2.69. The molecule has 0 bridgehead atoms. The molecule has 0 aromatic carbocycles. The molecule has 0 N–H and O–H groups in total. The van der Waals surface area contributed by atoms with Crippen molar-refractivity contribution in [3.05, 3.63) is 0 Å². The van der Waals surface area contributed by atoms with E-state index < -0.39 is 118 Å². The number of hydrogen-bond acceptors (Lipinski definition) is 4. The molecular weight excluding hydrogens is 653 g/mol. The van der Waals surface area contributed by atoms with Crippen LogP contribution in [-0.2, 0) is 18.9 Å². The summed E-state index contributed by atoms with van der Waals surface area (Å²) in [5.41, 5.74) is -12.9. The molecule has 0 aliphatic carbocycles. The number of alkyl halides is 19. The van der Waals surface area contributed by atoms with Gasteiger partial charge in [-0.15, -0.1) is 0 Å². The molecule has 250 valence electrons. The summed E-state index contributed by atoms with van der Waals surface area (Å²) in [7, 11) is 0. The van der Waals surface area contributed by atoms with Crippen LogP contribution in [-0.4, -0.2) is 79.7 Å². The van der Waals surface area contributed by atoms with Crippen LogP contribution in [0.15, 0.2) is 0 Å². The van der Waals surface area contributed by atoms with Gasteiger partial charge in [0.1, 0.15) is 12.0 Å². The first-order valence-electron chi connectivity index (χ1n) is 11.2. The third kappa shape index (κ3) is 6.47. The van der Waals surface area contributed by atoms with Gasteiger partial charge in [0.15, 0.2) is 0 Å². The minimum atomic E-state index is -7.13. The molecule has 0 radical (unpaired) electrons. The quantitative estimate of drug-likeness (QED) is 0.195. The van der Waals surface area contributed by atoms with Crippen molar-refractivity contribution >= 4 is 0 Å². The molecule has 4 nitrogen and oxygen atoms in total. The molecule has 5 atom stereocenters. The Morgan fingerprint density at radius 1 is 0.667 bits per heavy atom. The Kier molecular flexibility index (Phi) is 9.74. The lowest BCUT2D eigenvalue weighted by molar-refractivity contribution is -0.440. The Bertz CT molecular complexity index is 897. The van der Waals surface area contributed by atoms with Gasteiger partial charge < -0.3 is 18.9 Å². The Morgan fingerprint density at radius 3 is 1.55 bits per heavy atom. The van der Waals surface area contributed by atoms with E-state index in [2.05, 4.69) is 18.9 Å². The van der Waals surface area contributed by atoms with Crippen molar-refractivity contribution in [3.63, 3.8) is 0 Å². The lowest BCUT2D eigenvalue weighted by Gasteiger charge is -2.43. The first-order valence-corrected chi connectivity index (χ1v) is 11.2. The van der Waals surface area contributed by atoms with Crippen molar-refractivity contribution in [2.75, 3.05) is 13.2 Å². The van der Waals surface area contributed by atoms with Crippen LogP contribution < -0.4 is 0 Å². The molecule has 0 aromatic heterocycles. The maximum Gasteiger partial charge on any atom is 0.437 e. The highest BCUT2D eigenvalue weighted by Gasteiger charge is 2.86. The highest BCUT2D eigenvalue weighted by molar-refractivity contribution is 5.10. The van der Waals surface area contributed by atoms with Gasteiger partial charge in [0, 0.05) is 12.8 Å². The van der Waals surface area contributed by atoms with E-state index in [0.717, 1.165) is 0 Å². The molecule has 0 saturated carbocycles. The second-order valence-electron chi connectivity index (χ2n) is 9.14. The summed E-state index contributed by atoms with van der Waals surface area (Å²) < 4.78 is 269. The minimum Gasteiger partial charge on any atom is -0.346 e. The molecule has 2 aliphatic heterocycles. The van der Waals surface area contributed by atoms with Gasteiger partial charge in [0.2, 0.25) is 12.1 Å². The highest BCUT2D eigenvalue weighted by Crippen LogP contribution is 2.60. The summed E-state index contributed by atoms with van der Waals surface area (Å²) in [6, 6.07) is -3.95. The van der Waals surface area contributed by atoms with Crippen LogP contribution in [0.2, 0.25) is 0 Å². The van der Waals surface area contributed by atoms with Crippen LogP contribution in [0.4, 0.5) is 83.4 Å². The van der Waals surface area contributed by atoms with E-state index in [9.17, 15) is 83.4 Å². The average Bonchev–Trinajstić information content (AvgIpc) is 3.12. The number of rotatable bonds is 8. The zero-order valence-corrected chi connectivity index (χ0v) is 20.0. The van der Waals surface area contributed by atoms with Crippen molar-refractivity contribution < 1.29 is 102 Å². The van der Waals surface area contributed by atoms with Gasteiger partial charge in [0.25, 0.3) is 0 Å². The van der Waals surface area contributed by atoms with Gasteiger partial charge in [-0.05, 0) is 19.3 Å². The smallest absolute Gasteiger partial charge is 0.346 e. The van der Waals surface area contributed by atoms with Crippen molar-refractivity contribution in [2.24, 2.45) is 5.92 Å². The Hall–Kier alpha value is -1.49. The molecule has 0 amide bonds. The standard InChI is InChI=1S/C19H17F19O4/c20-10-8(14(23,24)25)7-11(42-10,15(26,18(33,34)35)19(36,37)38)39-5-2-6-40-12(21)4-1-3-9(41-12)13(22,16(27,28)29)17(30,31)32/h8-10H,1-7H2. The molecule has 2 aliphatic rings. The van der Waals surface area contributed by atoms with Gasteiger partial charge in [-0.25, -0.2) is 13.2 Å². The maximum atomic E-state index is 14.7. The second-order valence-corrected chi connectivity index (χ2v) is 9.14. The monoisotopic (exact) mass is 670 g/mol. The van der Waals surface area contributed by atoms with E-state index in [-0.39, 0.29) is 0 Å². The van der Waals surface area contributed by atoms with Crippen LogP contribution >= 0.6 is 0 Å². The lowest BCUT2D eigenvalue weighted by atomic mass is 9.87. The third-order valence-electron chi connectivity index (χ3n) is 6.30. The van der Waals surface area contributed by atoms with Gasteiger partial charge in [-0.2, -0.15) is 70.2 Å². The fraction of sp³-hybridized carbons (Fsp3) is 1.00. The summed E-state index contributed by atoms with van der Waals surface area (Å²) in [5.74, 6) is -8.84. The zero-order valence-electron chi connectivity index (χ0n) is 20.0. The summed E-state index contributed by atoms with van der Waals surface area (Å²) in [6.45, 7) is -3.22. The molecule has 42 heavy (non-hydrogen) atoms. The van der Waals surface area contributed by atoms with Crippen molar-refractivity contribution in [1.82, 2.24) is 0 Å². The van der Waals surface area contributed by atoms with Crippen molar-refractivity contribution in [3.8, 4) is 0 Å². The topological polar surface area (TPSA) is 36.9 Å². The molecule has 2 rings (SSSR count).